The van der Waals surface area contributed by atoms with Gasteiger partial charge in [-0.05, 0) is 0 Å². The van der Waals surface area contributed by atoms with E-state index in [1.165, 1.54) is 12.7 Å². The summed E-state index contributed by atoms with van der Waals surface area (Å²) in [4.78, 5) is 37.3. The molecule has 23 heavy (non-hydrogen) atoms. The summed E-state index contributed by atoms with van der Waals surface area (Å²) in [7, 11) is -3.04. The number of imidazole rings is 1. The summed E-state index contributed by atoms with van der Waals surface area (Å²) in [5, 5.41) is 9.31. The Morgan fingerprint density at radius 1 is 1.43 bits per heavy atom. The fraction of sp³-hybridized carbons (Fsp3) is 0.545. The third-order valence-electron chi connectivity index (χ3n) is 3.60. The summed E-state index contributed by atoms with van der Waals surface area (Å²) in [6.45, 7) is -0.464. The van der Waals surface area contributed by atoms with Crippen molar-refractivity contribution in [2.24, 2.45) is 7.05 Å². The van der Waals surface area contributed by atoms with Gasteiger partial charge in [0.05, 0.1) is 12.9 Å². The van der Waals surface area contributed by atoms with Crippen molar-refractivity contribution in [2.75, 3.05) is 6.61 Å². The number of aryl methyl sites for hydroxylation is 1. The van der Waals surface area contributed by atoms with Gasteiger partial charge < -0.3 is 24.2 Å². The molecule has 3 heterocycles. The zero-order valence-corrected chi connectivity index (χ0v) is 12.9. The first-order valence-corrected chi connectivity index (χ1v) is 8.21. The highest BCUT2D eigenvalue weighted by Crippen LogP contribution is 2.43. The van der Waals surface area contributed by atoms with Crippen molar-refractivity contribution in [3.05, 3.63) is 23.0 Å². The van der Waals surface area contributed by atoms with Gasteiger partial charge in [-0.15, -0.1) is 0 Å². The number of aliphatic hydroxyl groups excluding tert-OH is 1. The largest absolute Gasteiger partial charge is 0.469 e. The van der Waals surface area contributed by atoms with Gasteiger partial charge in [0.1, 0.15) is 30.4 Å². The molecular formula is C11H15N4O7P. The van der Waals surface area contributed by atoms with E-state index in [0.717, 1.165) is 0 Å². The molecule has 0 amide bonds. The number of aromatic nitrogens is 4. The van der Waals surface area contributed by atoms with E-state index in [-0.39, 0.29) is 11.9 Å². The second-order valence-corrected chi connectivity index (χ2v) is 6.36. The summed E-state index contributed by atoms with van der Waals surface area (Å²) >= 11 is 0. The predicted molar refractivity (Wildman–Crippen MR) is 75.3 cm³/mol. The van der Waals surface area contributed by atoms with E-state index in [1.807, 2.05) is 0 Å². The molecule has 3 rings (SSSR count). The first-order chi connectivity index (χ1) is 10.8. The van der Waals surface area contributed by atoms with Crippen LogP contribution in [0.5, 0.6) is 0 Å². The van der Waals surface area contributed by atoms with E-state index in [9.17, 15) is 14.5 Å². The van der Waals surface area contributed by atoms with Crippen LogP contribution in [0.25, 0.3) is 11.2 Å². The highest BCUT2D eigenvalue weighted by Gasteiger charge is 2.40. The Hall–Kier alpha value is -1.62. The van der Waals surface area contributed by atoms with Crippen molar-refractivity contribution >= 4 is 19.0 Å². The molecule has 0 bridgehead atoms. The lowest BCUT2D eigenvalue weighted by atomic mass is 10.2. The zero-order valence-electron chi connectivity index (χ0n) is 12.0. The fourth-order valence-electron chi connectivity index (χ4n) is 2.64. The maximum atomic E-state index is 11.7. The number of aliphatic hydroxyl groups is 1. The SMILES string of the molecule is Cn1cnc(=O)c2ncn([C@H]3C[C@H](OP(=O)(O)O)[C@@H](CO)O3)c21. The lowest BCUT2D eigenvalue weighted by Gasteiger charge is -2.16. The molecule has 3 N–H and O–H groups in total. The summed E-state index contributed by atoms with van der Waals surface area (Å²) in [5.41, 5.74) is 0.110. The van der Waals surface area contributed by atoms with Crippen LogP contribution in [0.4, 0.5) is 0 Å². The number of fused-ring (bicyclic) bond motifs is 1. The minimum absolute atomic E-state index is 0.0817. The van der Waals surface area contributed by atoms with E-state index >= 15 is 0 Å². The van der Waals surface area contributed by atoms with Crippen molar-refractivity contribution in [1.29, 1.82) is 0 Å². The molecule has 12 heteroatoms. The van der Waals surface area contributed by atoms with Gasteiger partial charge in [0.15, 0.2) is 5.52 Å². The van der Waals surface area contributed by atoms with Crippen LogP contribution in [0.15, 0.2) is 17.4 Å². The second kappa shape index (κ2) is 5.78. The van der Waals surface area contributed by atoms with Crippen molar-refractivity contribution in [3.63, 3.8) is 0 Å². The average Bonchev–Trinajstić information content (AvgIpc) is 3.05. The van der Waals surface area contributed by atoms with Crippen LogP contribution in [0.1, 0.15) is 12.6 Å². The molecule has 0 saturated carbocycles. The van der Waals surface area contributed by atoms with Gasteiger partial charge >= 0.3 is 13.4 Å². The third-order valence-corrected chi connectivity index (χ3v) is 4.14. The molecule has 2 aromatic rings. The summed E-state index contributed by atoms with van der Waals surface area (Å²) in [5.74, 6) is 0. The van der Waals surface area contributed by atoms with E-state index < -0.39 is 38.4 Å². The fourth-order valence-corrected chi connectivity index (χ4v) is 3.22. The van der Waals surface area contributed by atoms with Crippen LogP contribution in [0.3, 0.4) is 0 Å². The quantitative estimate of drug-likeness (QED) is 0.586. The normalized spacial score (nSPS) is 25.3. The second-order valence-electron chi connectivity index (χ2n) is 5.17. The molecule has 3 atom stereocenters. The molecular weight excluding hydrogens is 331 g/mol. The molecule has 126 valence electrons. The van der Waals surface area contributed by atoms with Crippen molar-refractivity contribution < 1.29 is 28.7 Å². The third kappa shape index (κ3) is 3.07. The smallest absolute Gasteiger partial charge is 0.394 e. The number of hydrogen-bond donors (Lipinski definition) is 3. The number of ether oxygens (including phenoxy) is 1. The van der Waals surface area contributed by atoms with Crippen LogP contribution in [0, 0.1) is 0 Å². The van der Waals surface area contributed by atoms with Gasteiger partial charge in [-0.2, -0.15) is 4.98 Å². The first kappa shape index (κ1) is 16.2. The molecule has 1 aliphatic heterocycles. The summed E-state index contributed by atoms with van der Waals surface area (Å²) in [6, 6.07) is 0. The number of phosphoric ester groups is 1. The number of rotatable bonds is 4. The van der Waals surface area contributed by atoms with Crippen LogP contribution in [-0.4, -0.2) is 52.8 Å². The minimum Gasteiger partial charge on any atom is -0.394 e. The Bertz CT molecular complexity index is 827. The molecule has 0 spiro atoms. The first-order valence-electron chi connectivity index (χ1n) is 6.68. The van der Waals surface area contributed by atoms with Gasteiger partial charge in [-0.25, -0.2) is 9.55 Å². The molecule has 0 aromatic carbocycles. The van der Waals surface area contributed by atoms with Crippen LogP contribution < -0.4 is 5.56 Å². The Morgan fingerprint density at radius 3 is 2.83 bits per heavy atom. The Kier molecular flexibility index (Phi) is 4.08. The highest BCUT2D eigenvalue weighted by atomic mass is 31.2. The predicted octanol–water partition coefficient (Wildman–Crippen LogP) is -1.11. The zero-order chi connectivity index (χ0) is 16.8. The maximum Gasteiger partial charge on any atom is 0.469 e. The molecule has 0 aliphatic carbocycles. The van der Waals surface area contributed by atoms with Gasteiger partial charge in [-0.3, -0.25) is 13.9 Å². The molecule has 0 radical (unpaired) electrons. The van der Waals surface area contributed by atoms with E-state index in [2.05, 4.69) is 14.5 Å². The number of hydrogen-bond acceptors (Lipinski definition) is 7. The molecule has 1 saturated heterocycles. The maximum absolute atomic E-state index is 11.7. The van der Waals surface area contributed by atoms with Gasteiger partial charge in [-0.1, -0.05) is 0 Å². The van der Waals surface area contributed by atoms with Crippen molar-refractivity contribution in [1.82, 2.24) is 19.1 Å². The molecule has 0 unspecified atom stereocenters. The number of phosphoric acid groups is 1. The summed E-state index contributed by atoms with van der Waals surface area (Å²) in [6.07, 6.45) is 0.225. The summed E-state index contributed by atoms with van der Waals surface area (Å²) < 4.78 is 24.4. The van der Waals surface area contributed by atoms with Gasteiger partial charge in [0, 0.05) is 13.5 Å². The van der Waals surface area contributed by atoms with E-state index in [4.69, 9.17) is 14.5 Å². The lowest BCUT2D eigenvalue weighted by molar-refractivity contribution is -0.0426. The topological polar surface area (TPSA) is 149 Å². The van der Waals surface area contributed by atoms with E-state index in [1.54, 1.807) is 16.2 Å². The van der Waals surface area contributed by atoms with Crippen molar-refractivity contribution in [3.8, 4) is 0 Å². The molecule has 1 aliphatic rings. The standard InChI is InChI=1S/C11H15N4O7P/c1-14-4-13-10(17)9-11(14)15(5-12-9)8-2-6(7(3-16)21-8)22-23(18,19)20/h4-8,16H,2-3H2,1H3,(H2,18,19,20)/t6-,7+,8+/m0/s1. The van der Waals surface area contributed by atoms with Gasteiger partial charge in [0.2, 0.25) is 0 Å². The number of nitrogens with zero attached hydrogens (tertiary/aromatic N) is 4. The molecule has 2 aromatic heterocycles. The van der Waals surface area contributed by atoms with Crippen LogP contribution in [0.2, 0.25) is 0 Å². The molecule has 11 nitrogen and oxygen atoms in total. The lowest BCUT2D eigenvalue weighted by Crippen LogP contribution is -2.26. The Morgan fingerprint density at radius 2 is 2.17 bits per heavy atom. The highest BCUT2D eigenvalue weighted by molar-refractivity contribution is 7.46. The Balaban J connectivity index is 1.96. The average molecular weight is 346 g/mol. The van der Waals surface area contributed by atoms with Crippen LogP contribution >= 0.6 is 7.82 Å². The monoisotopic (exact) mass is 346 g/mol. The Labute approximate surface area is 129 Å². The van der Waals surface area contributed by atoms with Crippen LogP contribution in [-0.2, 0) is 20.9 Å². The van der Waals surface area contributed by atoms with Gasteiger partial charge in [0.25, 0.3) is 0 Å². The van der Waals surface area contributed by atoms with Crippen molar-refractivity contribution in [2.45, 2.75) is 24.9 Å². The minimum atomic E-state index is -4.72. The molecule has 1 fully saturated rings. The van der Waals surface area contributed by atoms with E-state index in [0.29, 0.717) is 5.65 Å².